The van der Waals surface area contributed by atoms with Crippen LogP contribution < -0.4 is 11.1 Å². The van der Waals surface area contributed by atoms with Crippen molar-refractivity contribution < 1.29 is 4.79 Å². The lowest BCUT2D eigenvalue weighted by molar-refractivity contribution is -0.113. The average molecular weight is 259 g/mol. The fourth-order valence-electron chi connectivity index (χ4n) is 1.39. The predicted octanol–water partition coefficient (Wildman–Crippen LogP) is 2.39. The zero-order chi connectivity index (χ0) is 12.8. The van der Waals surface area contributed by atoms with Crippen LogP contribution in [-0.4, -0.2) is 16.6 Å². The molecule has 0 saturated heterocycles. The van der Waals surface area contributed by atoms with E-state index in [2.05, 4.69) is 10.3 Å². The van der Waals surface area contributed by atoms with E-state index < -0.39 is 0 Å². The monoisotopic (exact) mass is 259 g/mol. The summed E-state index contributed by atoms with van der Waals surface area (Å²) in [6.45, 7) is 0. The fraction of sp³-hybridized carbons (Fsp3) is 0.0769. The number of thioether (sulfide) groups is 1. The second-order valence-corrected chi connectivity index (χ2v) is 4.63. The Hall–Kier alpha value is -2.01. The smallest absolute Gasteiger partial charge is 0.234 e. The van der Waals surface area contributed by atoms with Gasteiger partial charge in [0.05, 0.1) is 17.6 Å². The van der Waals surface area contributed by atoms with Crippen molar-refractivity contribution in [2.45, 2.75) is 4.90 Å². The summed E-state index contributed by atoms with van der Waals surface area (Å²) >= 11 is 1.40. The molecule has 18 heavy (non-hydrogen) atoms. The molecule has 0 fully saturated rings. The van der Waals surface area contributed by atoms with Gasteiger partial charge in [-0.3, -0.25) is 9.78 Å². The molecule has 0 aliphatic rings. The molecular formula is C13H13N3OS. The average Bonchev–Trinajstić information content (AvgIpc) is 2.39. The van der Waals surface area contributed by atoms with E-state index in [4.69, 9.17) is 5.73 Å². The molecule has 2 rings (SSSR count). The highest BCUT2D eigenvalue weighted by atomic mass is 32.2. The highest BCUT2D eigenvalue weighted by Crippen LogP contribution is 2.23. The van der Waals surface area contributed by atoms with Gasteiger partial charge < -0.3 is 11.1 Å². The number of aromatic nitrogens is 1. The van der Waals surface area contributed by atoms with E-state index in [-0.39, 0.29) is 5.91 Å². The van der Waals surface area contributed by atoms with Crippen LogP contribution in [0.3, 0.4) is 0 Å². The maximum absolute atomic E-state index is 11.7. The Bertz CT molecular complexity index is 531. The number of para-hydroxylation sites is 1. The lowest BCUT2D eigenvalue weighted by atomic mass is 10.3. The molecule has 2 aromatic rings. The summed E-state index contributed by atoms with van der Waals surface area (Å²) < 4.78 is 0. The largest absolute Gasteiger partial charge is 0.397 e. The fourth-order valence-corrected chi connectivity index (χ4v) is 2.12. The van der Waals surface area contributed by atoms with Gasteiger partial charge in [0.2, 0.25) is 5.91 Å². The number of nitrogens with two attached hydrogens (primary N) is 1. The van der Waals surface area contributed by atoms with E-state index in [1.165, 1.54) is 11.8 Å². The first-order valence-electron chi connectivity index (χ1n) is 5.43. The van der Waals surface area contributed by atoms with Gasteiger partial charge in [0.1, 0.15) is 0 Å². The number of nitrogens with zero attached hydrogens (tertiary/aromatic N) is 1. The van der Waals surface area contributed by atoms with Crippen LogP contribution in [0.15, 0.2) is 53.7 Å². The minimum absolute atomic E-state index is 0.0533. The lowest BCUT2D eigenvalue weighted by Crippen LogP contribution is -2.13. The zero-order valence-electron chi connectivity index (χ0n) is 9.67. The molecule has 1 heterocycles. The molecule has 0 bridgehead atoms. The molecule has 0 atom stereocenters. The second kappa shape index (κ2) is 6.07. The quantitative estimate of drug-likeness (QED) is 0.827. The summed E-state index contributed by atoms with van der Waals surface area (Å²) in [4.78, 5) is 16.5. The summed E-state index contributed by atoms with van der Waals surface area (Å²) in [6.07, 6.45) is 3.24. The number of benzene rings is 1. The van der Waals surface area contributed by atoms with Crippen LogP contribution in [0.2, 0.25) is 0 Å². The first-order chi connectivity index (χ1) is 8.75. The maximum Gasteiger partial charge on any atom is 0.234 e. The Kier molecular flexibility index (Phi) is 4.20. The Labute approximate surface area is 110 Å². The number of carbonyl (C=O) groups excluding carboxylic acids is 1. The van der Waals surface area contributed by atoms with Gasteiger partial charge in [0.25, 0.3) is 0 Å². The number of carbonyl (C=O) groups is 1. The molecule has 0 unspecified atom stereocenters. The maximum atomic E-state index is 11.7. The molecule has 4 nitrogen and oxygen atoms in total. The van der Waals surface area contributed by atoms with Crippen LogP contribution >= 0.6 is 11.8 Å². The van der Waals surface area contributed by atoms with Gasteiger partial charge in [-0.05, 0) is 18.2 Å². The predicted molar refractivity (Wildman–Crippen MR) is 74.4 cm³/mol. The van der Waals surface area contributed by atoms with Crippen molar-refractivity contribution in [3.63, 3.8) is 0 Å². The van der Waals surface area contributed by atoms with Gasteiger partial charge in [0.15, 0.2) is 0 Å². The van der Waals surface area contributed by atoms with Crippen LogP contribution in [-0.2, 0) is 4.79 Å². The third-order valence-corrected chi connectivity index (χ3v) is 3.32. The summed E-state index contributed by atoms with van der Waals surface area (Å²) in [5.41, 5.74) is 7.13. The van der Waals surface area contributed by atoms with Gasteiger partial charge in [-0.15, -0.1) is 11.8 Å². The molecule has 5 heteroatoms. The number of nitrogens with one attached hydrogen (secondary N) is 1. The number of nitrogen functional groups attached to an aromatic ring is 1. The van der Waals surface area contributed by atoms with Gasteiger partial charge in [-0.2, -0.15) is 0 Å². The number of hydrogen-bond acceptors (Lipinski definition) is 4. The number of hydrogen-bond donors (Lipinski definition) is 2. The third kappa shape index (κ3) is 3.49. The first-order valence-corrected chi connectivity index (χ1v) is 6.41. The number of pyridine rings is 1. The van der Waals surface area contributed by atoms with E-state index >= 15 is 0 Å². The van der Waals surface area contributed by atoms with Crippen LogP contribution in [0.1, 0.15) is 0 Å². The molecule has 1 aromatic heterocycles. The van der Waals surface area contributed by atoms with Crippen LogP contribution in [0.4, 0.5) is 11.4 Å². The molecule has 0 spiro atoms. The van der Waals surface area contributed by atoms with E-state index in [1.807, 2.05) is 30.3 Å². The molecule has 1 aromatic carbocycles. The Morgan fingerprint density at radius 1 is 1.28 bits per heavy atom. The molecule has 0 saturated carbocycles. The van der Waals surface area contributed by atoms with E-state index in [0.29, 0.717) is 11.4 Å². The Balaban J connectivity index is 1.88. The van der Waals surface area contributed by atoms with E-state index in [1.54, 1.807) is 18.5 Å². The molecule has 0 aliphatic carbocycles. The topological polar surface area (TPSA) is 68.0 Å². The van der Waals surface area contributed by atoms with Gasteiger partial charge >= 0.3 is 0 Å². The van der Waals surface area contributed by atoms with E-state index in [9.17, 15) is 4.79 Å². The molecular weight excluding hydrogens is 246 g/mol. The zero-order valence-corrected chi connectivity index (χ0v) is 10.5. The summed E-state index contributed by atoms with van der Waals surface area (Å²) in [5.74, 6) is 0.269. The molecule has 0 aliphatic heterocycles. The highest BCUT2D eigenvalue weighted by molar-refractivity contribution is 8.00. The molecule has 0 radical (unpaired) electrons. The Morgan fingerprint density at radius 2 is 2.06 bits per heavy atom. The minimum Gasteiger partial charge on any atom is -0.397 e. The number of anilines is 2. The molecule has 3 N–H and O–H groups in total. The second-order valence-electron chi connectivity index (χ2n) is 3.62. The highest BCUT2D eigenvalue weighted by Gasteiger charge is 2.05. The summed E-state index contributed by atoms with van der Waals surface area (Å²) in [7, 11) is 0. The van der Waals surface area contributed by atoms with Crippen molar-refractivity contribution in [2.75, 3.05) is 16.8 Å². The van der Waals surface area contributed by atoms with Crippen molar-refractivity contribution in [1.29, 1.82) is 0 Å². The van der Waals surface area contributed by atoms with Crippen molar-refractivity contribution in [1.82, 2.24) is 4.98 Å². The van der Waals surface area contributed by atoms with Crippen molar-refractivity contribution in [3.05, 3.63) is 48.8 Å². The van der Waals surface area contributed by atoms with Gasteiger partial charge in [-0.1, -0.05) is 18.2 Å². The van der Waals surface area contributed by atoms with Crippen LogP contribution in [0.5, 0.6) is 0 Å². The summed E-state index contributed by atoms with van der Waals surface area (Å²) in [6, 6.07) is 11.2. The number of amides is 1. The Morgan fingerprint density at radius 3 is 2.78 bits per heavy atom. The summed E-state index contributed by atoms with van der Waals surface area (Å²) in [5, 5.41) is 2.82. The lowest BCUT2D eigenvalue weighted by Gasteiger charge is -2.06. The van der Waals surface area contributed by atoms with Crippen molar-refractivity contribution in [2.24, 2.45) is 0 Å². The van der Waals surface area contributed by atoms with E-state index in [0.717, 1.165) is 10.6 Å². The third-order valence-electron chi connectivity index (χ3n) is 2.23. The van der Waals surface area contributed by atoms with Crippen molar-refractivity contribution in [3.8, 4) is 0 Å². The molecule has 1 amide bonds. The number of rotatable bonds is 4. The minimum atomic E-state index is -0.0533. The van der Waals surface area contributed by atoms with Crippen molar-refractivity contribution >= 4 is 29.0 Å². The standard InChI is InChI=1S/C13H13N3OS/c14-11-8-15-7-6-12(11)18-9-13(17)16-10-4-2-1-3-5-10/h1-8H,9,14H2,(H,16,17). The normalized spacial score (nSPS) is 10.0. The van der Waals surface area contributed by atoms with Crippen LogP contribution in [0, 0.1) is 0 Å². The van der Waals surface area contributed by atoms with Gasteiger partial charge in [0, 0.05) is 16.8 Å². The molecule has 92 valence electrons. The first kappa shape index (κ1) is 12.4. The van der Waals surface area contributed by atoms with Gasteiger partial charge in [-0.25, -0.2) is 0 Å². The SMILES string of the molecule is Nc1cnccc1SCC(=O)Nc1ccccc1. The van der Waals surface area contributed by atoms with Crippen LogP contribution in [0.25, 0.3) is 0 Å².